The lowest BCUT2D eigenvalue weighted by atomic mass is 9.95. The van der Waals surface area contributed by atoms with Crippen molar-refractivity contribution in [3.63, 3.8) is 0 Å². The lowest BCUT2D eigenvalue weighted by molar-refractivity contribution is -0.135. The summed E-state index contributed by atoms with van der Waals surface area (Å²) in [6.45, 7) is 4.85. The molecule has 8 nitrogen and oxygen atoms in total. The van der Waals surface area contributed by atoms with Crippen LogP contribution in [0.4, 0.5) is 0 Å². The Hall–Kier alpha value is -2.22. The Morgan fingerprint density at radius 3 is 2.88 bits per heavy atom. The number of methoxy groups -OCH3 is 1. The fourth-order valence-corrected chi connectivity index (χ4v) is 3.21. The normalized spacial score (nSPS) is 17.2. The van der Waals surface area contributed by atoms with Crippen LogP contribution in [0.25, 0.3) is 0 Å². The van der Waals surface area contributed by atoms with Crippen molar-refractivity contribution in [1.29, 1.82) is 0 Å². The van der Waals surface area contributed by atoms with Crippen LogP contribution in [0.5, 0.6) is 0 Å². The second-order valence-electron chi connectivity index (χ2n) is 6.12. The number of likely N-dealkylation sites (tertiary alicyclic amines) is 1. The molecule has 1 amide bonds. The molecule has 0 aliphatic carbocycles. The van der Waals surface area contributed by atoms with Crippen LogP contribution in [0, 0.1) is 0 Å². The molecule has 1 aliphatic rings. The summed E-state index contributed by atoms with van der Waals surface area (Å²) < 4.78 is 8.91. The monoisotopic (exact) mass is 332 g/mol. The van der Waals surface area contributed by atoms with Gasteiger partial charge in [-0.2, -0.15) is 5.10 Å². The van der Waals surface area contributed by atoms with Crippen molar-refractivity contribution in [3.8, 4) is 0 Å². The highest BCUT2D eigenvalue weighted by Gasteiger charge is 2.29. The number of imidazole rings is 1. The van der Waals surface area contributed by atoms with Crippen LogP contribution < -0.4 is 0 Å². The quantitative estimate of drug-likeness (QED) is 0.791. The van der Waals surface area contributed by atoms with Gasteiger partial charge in [-0.3, -0.25) is 4.79 Å². The smallest absolute Gasteiger partial charge is 0.247 e. The Morgan fingerprint density at radius 2 is 2.21 bits per heavy atom. The van der Waals surface area contributed by atoms with Crippen molar-refractivity contribution >= 4 is 5.91 Å². The average Bonchev–Trinajstić information content (AvgIpc) is 3.30. The Bertz CT molecular complexity index is 645. The van der Waals surface area contributed by atoms with Gasteiger partial charge in [-0.1, -0.05) is 0 Å². The standard InChI is InChI=1S/C16H24N6O2/c1-13(22-12-17-11-19-22)16(23)21-6-3-14(4-7-21)15-18-5-8-20(15)9-10-24-2/h5,8,11-14H,3-4,6-7,9-10H2,1-2H3. The van der Waals surface area contributed by atoms with Crippen LogP contribution in [0.1, 0.15) is 37.5 Å². The van der Waals surface area contributed by atoms with Crippen molar-refractivity contribution in [2.75, 3.05) is 26.8 Å². The Kier molecular flexibility index (Phi) is 5.24. The number of nitrogens with zero attached hydrogens (tertiary/aromatic N) is 6. The minimum atomic E-state index is -0.312. The van der Waals surface area contributed by atoms with Gasteiger partial charge in [0, 0.05) is 45.1 Å². The van der Waals surface area contributed by atoms with Crippen molar-refractivity contribution in [3.05, 3.63) is 30.9 Å². The number of ether oxygens (including phenoxy) is 1. The molecule has 0 aromatic carbocycles. The number of rotatable bonds is 6. The van der Waals surface area contributed by atoms with Crippen LogP contribution in [0.3, 0.4) is 0 Å². The molecule has 2 aromatic rings. The summed E-state index contributed by atoms with van der Waals surface area (Å²) in [6.07, 6.45) is 8.74. The number of carbonyl (C=O) groups is 1. The highest BCUT2D eigenvalue weighted by atomic mass is 16.5. The fourth-order valence-electron chi connectivity index (χ4n) is 3.21. The largest absolute Gasteiger partial charge is 0.383 e. The molecule has 0 radical (unpaired) electrons. The molecule has 1 atom stereocenters. The molecule has 3 heterocycles. The van der Waals surface area contributed by atoms with E-state index >= 15 is 0 Å². The van der Waals surface area contributed by atoms with E-state index in [1.165, 1.54) is 6.33 Å². The summed E-state index contributed by atoms with van der Waals surface area (Å²) in [5, 5.41) is 4.06. The Balaban J connectivity index is 1.58. The summed E-state index contributed by atoms with van der Waals surface area (Å²) >= 11 is 0. The van der Waals surface area contributed by atoms with Gasteiger partial charge in [-0.25, -0.2) is 14.6 Å². The molecule has 3 rings (SSSR count). The molecule has 0 spiro atoms. The summed E-state index contributed by atoms with van der Waals surface area (Å²) in [4.78, 5) is 23.0. The van der Waals surface area contributed by atoms with Gasteiger partial charge in [0.15, 0.2) is 0 Å². The predicted molar refractivity (Wildman–Crippen MR) is 87.4 cm³/mol. The zero-order valence-corrected chi connectivity index (χ0v) is 14.2. The summed E-state index contributed by atoms with van der Waals surface area (Å²) in [6, 6.07) is -0.312. The third kappa shape index (κ3) is 3.48. The van der Waals surface area contributed by atoms with E-state index in [-0.39, 0.29) is 11.9 Å². The van der Waals surface area contributed by atoms with Gasteiger partial charge < -0.3 is 14.2 Å². The van der Waals surface area contributed by atoms with Crippen LogP contribution >= 0.6 is 0 Å². The van der Waals surface area contributed by atoms with E-state index in [1.54, 1.807) is 18.1 Å². The first-order valence-corrected chi connectivity index (χ1v) is 8.33. The maximum Gasteiger partial charge on any atom is 0.247 e. The molecule has 0 saturated carbocycles. The predicted octanol–water partition coefficient (Wildman–Crippen LogP) is 1.09. The van der Waals surface area contributed by atoms with Crippen LogP contribution in [0.2, 0.25) is 0 Å². The Labute approximate surface area is 141 Å². The molecule has 8 heteroatoms. The number of hydrogen-bond donors (Lipinski definition) is 0. The second-order valence-corrected chi connectivity index (χ2v) is 6.12. The van der Waals surface area contributed by atoms with Crippen LogP contribution in [-0.4, -0.2) is 61.9 Å². The van der Waals surface area contributed by atoms with E-state index in [1.807, 2.05) is 24.2 Å². The molecular formula is C16H24N6O2. The van der Waals surface area contributed by atoms with Crippen molar-refractivity contribution in [2.24, 2.45) is 0 Å². The summed E-state index contributed by atoms with van der Waals surface area (Å²) in [5.41, 5.74) is 0. The van der Waals surface area contributed by atoms with E-state index < -0.39 is 0 Å². The molecule has 0 N–H and O–H groups in total. The zero-order valence-electron chi connectivity index (χ0n) is 14.2. The number of piperidine rings is 1. The highest BCUT2D eigenvalue weighted by Crippen LogP contribution is 2.28. The molecular weight excluding hydrogens is 308 g/mol. The molecule has 1 aliphatic heterocycles. The van der Waals surface area contributed by atoms with Crippen molar-refractivity contribution < 1.29 is 9.53 Å². The van der Waals surface area contributed by atoms with E-state index in [0.717, 1.165) is 38.3 Å². The molecule has 24 heavy (non-hydrogen) atoms. The van der Waals surface area contributed by atoms with E-state index in [0.29, 0.717) is 12.5 Å². The molecule has 2 aromatic heterocycles. The zero-order chi connectivity index (χ0) is 16.9. The summed E-state index contributed by atoms with van der Waals surface area (Å²) in [5.74, 6) is 1.59. The molecule has 130 valence electrons. The number of hydrogen-bond acceptors (Lipinski definition) is 5. The topological polar surface area (TPSA) is 78.1 Å². The van der Waals surface area contributed by atoms with Gasteiger partial charge in [-0.05, 0) is 19.8 Å². The first-order chi connectivity index (χ1) is 11.7. The summed E-state index contributed by atoms with van der Waals surface area (Å²) in [7, 11) is 1.71. The molecule has 1 saturated heterocycles. The van der Waals surface area contributed by atoms with Crippen molar-refractivity contribution in [2.45, 2.75) is 38.3 Å². The van der Waals surface area contributed by atoms with Gasteiger partial charge in [0.1, 0.15) is 24.5 Å². The molecule has 1 unspecified atom stereocenters. The maximum absolute atomic E-state index is 12.6. The number of amides is 1. The number of carbonyl (C=O) groups excluding carboxylic acids is 1. The minimum Gasteiger partial charge on any atom is -0.383 e. The SMILES string of the molecule is COCCn1ccnc1C1CCN(C(=O)C(C)n2cncn2)CC1. The van der Waals surface area contributed by atoms with Gasteiger partial charge in [-0.15, -0.1) is 0 Å². The third-order valence-electron chi connectivity index (χ3n) is 4.65. The van der Waals surface area contributed by atoms with E-state index in [4.69, 9.17) is 4.74 Å². The van der Waals surface area contributed by atoms with Gasteiger partial charge in [0.2, 0.25) is 5.91 Å². The minimum absolute atomic E-state index is 0.0988. The van der Waals surface area contributed by atoms with Gasteiger partial charge in [0.25, 0.3) is 0 Å². The van der Waals surface area contributed by atoms with E-state index in [2.05, 4.69) is 19.6 Å². The molecule has 1 fully saturated rings. The maximum atomic E-state index is 12.6. The van der Waals surface area contributed by atoms with E-state index in [9.17, 15) is 4.79 Å². The average molecular weight is 332 g/mol. The Morgan fingerprint density at radius 1 is 1.42 bits per heavy atom. The van der Waals surface area contributed by atoms with Crippen LogP contribution in [-0.2, 0) is 16.1 Å². The van der Waals surface area contributed by atoms with Crippen LogP contribution in [0.15, 0.2) is 25.0 Å². The van der Waals surface area contributed by atoms with Gasteiger partial charge >= 0.3 is 0 Å². The molecule has 0 bridgehead atoms. The van der Waals surface area contributed by atoms with Crippen molar-refractivity contribution in [1.82, 2.24) is 29.2 Å². The fraction of sp³-hybridized carbons (Fsp3) is 0.625. The lowest BCUT2D eigenvalue weighted by Crippen LogP contribution is -2.41. The first-order valence-electron chi connectivity index (χ1n) is 8.33. The highest BCUT2D eigenvalue weighted by molar-refractivity contribution is 5.80. The second kappa shape index (κ2) is 7.57. The number of aromatic nitrogens is 5. The lowest BCUT2D eigenvalue weighted by Gasteiger charge is -2.33. The first kappa shape index (κ1) is 16.6. The third-order valence-corrected chi connectivity index (χ3v) is 4.65. The van der Waals surface area contributed by atoms with Gasteiger partial charge in [0.05, 0.1) is 6.61 Å².